The number of nitrogens with one attached hydrogen (secondary N) is 1. The van der Waals surface area contributed by atoms with E-state index in [-0.39, 0.29) is 0 Å². The molecule has 0 aliphatic carbocycles. The highest BCUT2D eigenvalue weighted by atomic mass is 15.3. The molecule has 0 bridgehead atoms. The second-order valence-corrected chi connectivity index (χ2v) is 6.55. The number of benzene rings is 2. The van der Waals surface area contributed by atoms with Crippen molar-refractivity contribution < 1.29 is 0 Å². The van der Waals surface area contributed by atoms with Crippen molar-refractivity contribution in [2.75, 3.05) is 13.1 Å². The van der Waals surface area contributed by atoms with E-state index < -0.39 is 0 Å². The number of rotatable bonds is 7. The minimum atomic E-state index is 0.450. The van der Waals surface area contributed by atoms with Gasteiger partial charge >= 0.3 is 0 Å². The van der Waals surface area contributed by atoms with E-state index in [1.54, 1.807) is 0 Å². The molecule has 2 aromatic carbocycles. The van der Waals surface area contributed by atoms with Crippen molar-refractivity contribution in [1.82, 2.24) is 10.2 Å². The van der Waals surface area contributed by atoms with Gasteiger partial charge in [0.05, 0.1) is 6.04 Å². The molecule has 1 N–H and O–H groups in total. The minimum Gasteiger partial charge on any atom is -0.311 e. The van der Waals surface area contributed by atoms with Crippen LogP contribution in [0.25, 0.3) is 0 Å². The molecule has 1 saturated heterocycles. The molecule has 0 unspecified atom stereocenters. The van der Waals surface area contributed by atoms with Crippen molar-refractivity contribution in [1.29, 1.82) is 0 Å². The molecule has 2 aromatic rings. The van der Waals surface area contributed by atoms with E-state index in [9.17, 15) is 0 Å². The van der Waals surface area contributed by atoms with Crippen molar-refractivity contribution in [3.63, 3.8) is 0 Å². The van der Waals surface area contributed by atoms with Crippen LogP contribution in [0.5, 0.6) is 0 Å². The van der Waals surface area contributed by atoms with Crippen LogP contribution in [0.3, 0.4) is 0 Å². The van der Waals surface area contributed by atoms with Gasteiger partial charge in [0.15, 0.2) is 0 Å². The number of likely N-dealkylation sites (tertiary alicyclic amines) is 1. The Hall–Kier alpha value is -1.64. The van der Waals surface area contributed by atoms with E-state index in [1.165, 1.54) is 24.0 Å². The van der Waals surface area contributed by atoms with E-state index in [0.717, 1.165) is 13.1 Å². The molecular weight excluding hydrogens is 280 g/mol. The molecule has 2 nitrogen and oxygen atoms in total. The summed E-state index contributed by atoms with van der Waals surface area (Å²) in [5.74, 6) is 0. The largest absolute Gasteiger partial charge is 0.311 e. The molecule has 122 valence electrons. The van der Waals surface area contributed by atoms with Gasteiger partial charge < -0.3 is 5.32 Å². The third kappa shape index (κ3) is 3.65. The lowest BCUT2D eigenvalue weighted by Crippen LogP contribution is -2.60. The Morgan fingerprint density at radius 3 is 2.35 bits per heavy atom. The zero-order valence-corrected chi connectivity index (χ0v) is 14.3. The summed E-state index contributed by atoms with van der Waals surface area (Å²) in [6.07, 6.45) is 2.51. The Morgan fingerprint density at radius 2 is 1.70 bits per heavy atom. The van der Waals surface area contributed by atoms with Crippen LogP contribution >= 0.6 is 0 Å². The zero-order valence-electron chi connectivity index (χ0n) is 14.3. The van der Waals surface area contributed by atoms with Crippen molar-refractivity contribution in [2.24, 2.45) is 0 Å². The van der Waals surface area contributed by atoms with Gasteiger partial charge in [-0.25, -0.2) is 0 Å². The maximum atomic E-state index is 3.76. The standard InChI is InChI=1S/C21H28N2/c1-3-4-15-22-20-16-23(17(2)18-11-7-5-8-12-18)21(20)19-13-9-6-10-14-19/h5-14,17,20-22H,3-4,15-16H2,1-2H3/t17-,20-,21-/m0/s1. The van der Waals surface area contributed by atoms with E-state index in [4.69, 9.17) is 0 Å². The quantitative estimate of drug-likeness (QED) is 0.754. The predicted octanol–water partition coefficient (Wildman–Crippen LogP) is 4.56. The highest BCUT2D eigenvalue weighted by Gasteiger charge is 2.42. The smallest absolute Gasteiger partial charge is 0.0520 e. The number of hydrogen-bond donors (Lipinski definition) is 1. The SMILES string of the molecule is CCCCN[C@H]1CN([C@@H](C)c2ccccc2)[C@H]1c1ccccc1. The van der Waals surface area contributed by atoms with Crippen LogP contribution in [0.15, 0.2) is 60.7 Å². The van der Waals surface area contributed by atoms with E-state index in [0.29, 0.717) is 18.1 Å². The lowest BCUT2D eigenvalue weighted by molar-refractivity contribution is 0.00570. The molecule has 23 heavy (non-hydrogen) atoms. The second kappa shape index (κ2) is 7.76. The summed E-state index contributed by atoms with van der Waals surface area (Å²) in [5.41, 5.74) is 2.83. The summed E-state index contributed by atoms with van der Waals surface area (Å²) >= 11 is 0. The van der Waals surface area contributed by atoms with E-state index >= 15 is 0 Å². The number of hydrogen-bond acceptors (Lipinski definition) is 2. The molecule has 1 aliphatic rings. The molecule has 0 spiro atoms. The third-order valence-electron chi connectivity index (χ3n) is 5.00. The molecule has 1 heterocycles. The van der Waals surface area contributed by atoms with Crippen molar-refractivity contribution in [3.8, 4) is 0 Å². The first-order valence-corrected chi connectivity index (χ1v) is 8.90. The van der Waals surface area contributed by atoms with Gasteiger partial charge in [-0.1, -0.05) is 74.0 Å². The van der Waals surface area contributed by atoms with Crippen LogP contribution in [-0.2, 0) is 0 Å². The lowest BCUT2D eigenvalue weighted by atomic mass is 9.86. The highest BCUT2D eigenvalue weighted by molar-refractivity contribution is 5.27. The number of unbranched alkanes of at least 4 members (excludes halogenated alkanes) is 1. The maximum Gasteiger partial charge on any atom is 0.0520 e. The fourth-order valence-electron chi connectivity index (χ4n) is 3.57. The Kier molecular flexibility index (Phi) is 5.47. The normalized spacial score (nSPS) is 22.5. The highest BCUT2D eigenvalue weighted by Crippen LogP contribution is 2.40. The van der Waals surface area contributed by atoms with Crippen LogP contribution in [0, 0.1) is 0 Å². The van der Waals surface area contributed by atoms with Gasteiger partial charge in [0.1, 0.15) is 0 Å². The Labute approximate surface area is 140 Å². The molecular formula is C21H28N2. The first kappa shape index (κ1) is 16.2. The van der Waals surface area contributed by atoms with Gasteiger partial charge in [-0.3, -0.25) is 4.90 Å². The van der Waals surface area contributed by atoms with Crippen LogP contribution in [0.4, 0.5) is 0 Å². The Bertz CT molecular complexity index is 581. The second-order valence-electron chi connectivity index (χ2n) is 6.55. The summed E-state index contributed by atoms with van der Waals surface area (Å²) in [6.45, 7) is 6.83. The van der Waals surface area contributed by atoms with Crippen LogP contribution in [0.2, 0.25) is 0 Å². The van der Waals surface area contributed by atoms with Gasteiger partial charge in [0.2, 0.25) is 0 Å². The first-order valence-electron chi connectivity index (χ1n) is 8.90. The molecule has 3 rings (SSSR count). The fraction of sp³-hybridized carbons (Fsp3) is 0.429. The van der Waals surface area contributed by atoms with Gasteiger partial charge in [-0.15, -0.1) is 0 Å². The third-order valence-corrected chi connectivity index (χ3v) is 5.00. The van der Waals surface area contributed by atoms with Crippen LogP contribution < -0.4 is 5.32 Å². The minimum absolute atomic E-state index is 0.450. The van der Waals surface area contributed by atoms with Gasteiger partial charge in [-0.2, -0.15) is 0 Å². The summed E-state index contributed by atoms with van der Waals surface area (Å²) in [5, 5.41) is 3.76. The fourth-order valence-corrected chi connectivity index (χ4v) is 3.57. The van der Waals surface area contributed by atoms with E-state index in [1.807, 2.05) is 0 Å². The van der Waals surface area contributed by atoms with Crippen molar-refractivity contribution >= 4 is 0 Å². The summed E-state index contributed by atoms with van der Waals surface area (Å²) in [6, 6.07) is 23.3. The molecule has 1 fully saturated rings. The molecule has 0 radical (unpaired) electrons. The van der Waals surface area contributed by atoms with Gasteiger partial charge in [0.25, 0.3) is 0 Å². The average molecular weight is 308 g/mol. The average Bonchev–Trinajstić information content (AvgIpc) is 2.59. The van der Waals surface area contributed by atoms with Crippen molar-refractivity contribution in [2.45, 2.75) is 44.8 Å². The molecule has 1 aliphatic heterocycles. The maximum absolute atomic E-state index is 3.76. The Balaban J connectivity index is 1.75. The molecule has 0 aromatic heterocycles. The Morgan fingerprint density at radius 1 is 1.04 bits per heavy atom. The topological polar surface area (TPSA) is 15.3 Å². The zero-order chi connectivity index (χ0) is 16.1. The molecule has 0 amide bonds. The molecule has 0 saturated carbocycles. The molecule has 2 heteroatoms. The first-order chi connectivity index (χ1) is 11.3. The van der Waals surface area contributed by atoms with Gasteiger partial charge in [-0.05, 0) is 31.0 Å². The van der Waals surface area contributed by atoms with Gasteiger partial charge in [0, 0.05) is 18.6 Å². The van der Waals surface area contributed by atoms with Crippen LogP contribution in [0.1, 0.15) is 49.9 Å². The summed E-state index contributed by atoms with van der Waals surface area (Å²) in [7, 11) is 0. The summed E-state index contributed by atoms with van der Waals surface area (Å²) < 4.78 is 0. The van der Waals surface area contributed by atoms with Crippen LogP contribution in [-0.4, -0.2) is 24.0 Å². The summed E-state index contributed by atoms with van der Waals surface area (Å²) in [4.78, 5) is 2.62. The predicted molar refractivity (Wildman–Crippen MR) is 97.4 cm³/mol. The molecule has 3 atom stereocenters. The monoisotopic (exact) mass is 308 g/mol. The number of nitrogens with zero attached hydrogens (tertiary/aromatic N) is 1. The van der Waals surface area contributed by atoms with Crippen molar-refractivity contribution in [3.05, 3.63) is 71.8 Å². The van der Waals surface area contributed by atoms with E-state index in [2.05, 4.69) is 84.7 Å². The lowest BCUT2D eigenvalue weighted by Gasteiger charge is -2.52.